The molecule has 1 aliphatic heterocycles. The molecule has 1 saturated heterocycles. The minimum absolute atomic E-state index is 0.0427. The van der Waals surface area contributed by atoms with Crippen molar-refractivity contribution in [3.63, 3.8) is 0 Å². The van der Waals surface area contributed by atoms with E-state index in [1.807, 2.05) is 26.0 Å². The molecule has 1 atom stereocenters. The molecule has 1 N–H and O–H groups in total. The summed E-state index contributed by atoms with van der Waals surface area (Å²) in [5.41, 5.74) is 3.11. The zero-order valence-electron chi connectivity index (χ0n) is 12.7. The molecule has 118 valence electrons. The Bertz CT molecular complexity index is 883. The molecule has 1 aliphatic rings. The summed E-state index contributed by atoms with van der Waals surface area (Å²) in [6.45, 7) is 4.37. The number of aryl methyl sites for hydroxylation is 2. The Morgan fingerprint density at radius 3 is 2.77 bits per heavy atom. The second-order valence-corrected chi connectivity index (χ2v) is 8.18. The number of hydrogen-bond donors (Lipinski definition) is 1. The fraction of sp³-hybridized carbons (Fsp3) is 0.438. The molecule has 0 unspecified atom stereocenters. The standard InChI is InChI=1S/C16H19NO4S/c1-10-3-4-14-12(7-15(18)21-16(14)11(10)2)8-17-13-5-6-22(19,20)9-13/h3-4,7,13,17H,5-6,8-9H2,1-2H3/t13-/m0/s1. The van der Waals surface area contributed by atoms with Gasteiger partial charge in [0.2, 0.25) is 0 Å². The van der Waals surface area contributed by atoms with Gasteiger partial charge in [0.25, 0.3) is 0 Å². The van der Waals surface area contributed by atoms with Gasteiger partial charge in [-0.1, -0.05) is 12.1 Å². The fourth-order valence-electron chi connectivity index (χ4n) is 2.88. The first-order chi connectivity index (χ1) is 10.4. The van der Waals surface area contributed by atoms with Crippen molar-refractivity contribution in [2.24, 2.45) is 0 Å². The minimum Gasteiger partial charge on any atom is -0.422 e. The van der Waals surface area contributed by atoms with Crippen LogP contribution < -0.4 is 10.9 Å². The summed E-state index contributed by atoms with van der Waals surface area (Å²) in [6, 6.07) is 5.39. The topological polar surface area (TPSA) is 76.4 Å². The van der Waals surface area contributed by atoms with Gasteiger partial charge < -0.3 is 9.73 Å². The quantitative estimate of drug-likeness (QED) is 0.871. The van der Waals surface area contributed by atoms with E-state index in [1.165, 1.54) is 6.07 Å². The summed E-state index contributed by atoms with van der Waals surface area (Å²) in [7, 11) is -2.91. The van der Waals surface area contributed by atoms with E-state index in [9.17, 15) is 13.2 Å². The van der Waals surface area contributed by atoms with Crippen LogP contribution in [0.15, 0.2) is 27.4 Å². The van der Waals surface area contributed by atoms with Gasteiger partial charge in [-0.2, -0.15) is 0 Å². The Kier molecular flexibility index (Phi) is 3.82. The third-order valence-corrected chi connectivity index (χ3v) is 6.10. The largest absolute Gasteiger partial charge is 0.422 e. The molecule has 1 aromatic carbocycles. The van der Waals surface area contributed by atoms with Gasteiger partial charge in [-0.25, -0.2) is 13.2 Å². The van der Waals surface area contributed by atoms with Crippen molar-refractivity contribution >= 4 is 20.8 Å². The van der Waals surface area contributed by atoms with Crippen molar-refractivity contribution in [2.75, 3.05) is 11.5 Å². The van der Waals surface area contributed by atoms with E-state index in [2.05, 4.69) is 5.32 Å². The SMILES string of the molecule is Cc1ccc2c(CN[C@H]3CCS(=O)(=O)C3)cc(=O)oc2c1C. The van der Waals surface area contributed by atoms with Gasteiger partial charge in [-0.15, -0.1) is 0 Å². The molecular weight excluding hydrogens is 302 g/mol. The molecule has 0 radical (unpaired) electrons. The van der Waals surface area contributed by atoms with Crippen molar-refractivity contribution in [2.45, 2.75) is 32.9 Å². The predicted octanol–water partition coefficient (Wildman–Crippen LogP) is 1.69. The van der Waals surface area contributed by atoms with Crippen molar-refractivity contribution in [3.05, 3.63) is 45.3 Å². The maximum Gasteiger partial charge on any atom is 0.336 e. The molecule has 0 amide bonds. The van der Waals surface area contributed by atoms with E-state index in [0.29, 0.717) is 18.5 Å². The second-order valence-electron chi connectivity index (χ2n) is 5.96. The van der Waals surface area contributed by atoms with Gasteiger partial charge in [0.05, 0.1) is 11.5 Å². The maximum atomic E-state index is 11.8. The Morgan fingerprint density at radius 2 is 2.09 bits per heavy atom. The van der Waals surface area contributed by atoms with Crippen LogP contribution in [-0.2, 0) is 16.4 Å². The summed E-state index contributed by atoms with van der Waals surface area (Å²) in [5.74, 6) is 0.408. The average molecular weight is 321 g/mol. The van der Waals surface area contributed by atoms with Gasteiger partial charge in [0, 0.05) is 24.0 Å². The summed E-state index contributed by atoms with van der Waals surface area (Å²) in [4.78, 5) is 11.8. The van der Waals surface area contributed by atoms with Crippen LogP contribution in [0, 0.1) is 13.8 Å². The first-order valence-electron chi connectivity index (χ1n) is 7.32. The van der Waals surface area contributed by atoms with Gasteiger partial charge in [-0.3, -0.25) is 0 Å². The third-order valence-electron chi connectivity index (χ3n) is 4.33. The highest BCUT2D eigenvalue weighted by Crippen LogP contribution is 2.23. The normalized spacial score (nSPS) is 20.5. The van der Waals surface area contributed by atoms with Crippen LogP contribution in [0.4, 0.5) is 0 Å². The lowest BCUT2D eigenvalue weighted by atomic mass is 10.0. The smallest absolute Gasteiger partial charge is 0.336 e. The molecule has 22 heavy (non-hydrogen) atoms. The number of nitrogens with one attached hydrogen (secondary N) is 1. The van der Waals surface area contributed by atoms with Crippen molar-refractivity contribution in [1.82, 2.24) is 5.32 Å². The number of hydrogen-bond acceptors (Lipinski definition) is 5. The van der Waals surface area contributed by atoms with Gasteiger partial charge in [-0.05, 0) is 37.0 Å². The average Bonchev–Trinajstić information content (AvgIpc) is 2.80. The van der Waals surface area contributed by atoms with E-state index < -0.39 is 9.84 Å². The number of rotatable bonds is 3. The van der Waals surface area contributed by atoms with Gasteiger partial charge in [0.1, 0.15) is 5.58 Å². The van der Waals surface area contributed by atoms with Crippen LogP contribution in [0.1, 0.15) is 23.1 Å². The summed E-state index contributed by atoms with van der Waals surface area (Å²) < 4.78 is 28.3. The van der Waals surface area contributed by atoms with Crippen LogP contribution in [0.25, 0.3) is 11.0 Å². The predicted molar refractivity (Wildman–Crippen MR) is 85.9 cm³/mol. The highest BCUT2D eigenvalue weighted by Gasteiger charge is 2.27. The molecule has 0 saturated carbocycles. The first kappa shape index (κ1) is 15.2. The zero-order valence-corrected chi connectivity index (χ0v) is 13.5. The first-order valence-corrected chi connectivity index (χ1v) is 9.14. The van der Waals surface area contributed by atoms with Crippen molar-refractivity contribution in [1.29, 1.82) is 0 Å². The molecule has 2 aromatic rings. The number of fused-ring (bicyclic) bond motifs is 1. The van der Waals surface area contributed by atoms with E-state index in [0.717, 1.165) is 22.1 Å². The lowest BCUT2D eigenvalue weighted by Crippen LogP contribution is -2.29. The van der Waals surface area contributed by atoms with E-state index in [1.54, 1.807) is 0 Å². The fourth-order valence-corrected chi connectivity index (χ4v) is 4.59. The second kappa shape index (κ2) is 5.52. The van der Waals surface area contributed by atoms with Crippen LogP contribution in [0.2, 0.25) is 0 Å². The Hall–Kier alpha value is -1.66. The van der Waals surface area contributed by atoms with Crippen LogP contribution in [-0.4, -0.2) is 26.0 Å². The molecule has 0 spiro atoms. The molecule has 1 fully saturated rings. The van der Waals surface area contributed by atoms with Gasteiger partial charge in [0.15, 0.2) is 9.84 Å². The number of sulfone groups is 1. The highest BCUT2D eigenvalue weighted by molar-refractivity contribution is 7.91. The molecule has 6 heteroatoms. The molecule has 1 aromatic heterocycles. The van der Waals surface area contributed by atoms with E-state index in [4.69, 9.17) is 4.42 Å². The summed E-state index contributed by atoms with van der Waals surface area (Å²) in [6.07, 6.45) is 0.625. The molecular formula is C16H19NO4S. The third kappa shape index (κ3) is 2.94. The molecule has 0 bridgehead atoms. The van der Waals surface area contributed by atoms with Crippen LogP contribution >= 0.6 is 0 Å². The maximum absolute atomic E-state index is 11.8. The Morgan fingerprint density at radius 1 is 1.32 bits per heavy atom. The Balaban J connectivity index is 1.91. The molecule has 5 nitrogen and oxygen atoms in total. The van der Waals surface area contributed by atoms with Crippen LogP contribution in [0.3, 0.4) is 0 Å². The van der Waals surface area contributed by atoms with E-state index in [-0.39, 0.29) is 23.2 Å². The molecule has 3 rings (SSSR count). The molecule has 0 aliphatic carbocycles. The number of benzene rings is 1. The van der Waals surface area contributed by atoms with Crippen molar-refractivity contribution < 1.29 is 12.8 Å². The highest BCUT2D eigenvalue weighted by atomic mass is 32.2. The summed E-state index contributed by atoms with van der Waals surface area (Å²) >= 11 is 0. The van der Waals surface area contributed by atoms with E-state index >= 15 is 0 Å². The zero-order chi connectivity index (χ0) is 15.9. The summed E-state index contributed by atoms with van der Waals surface area (Å²) in [5, 5.41) is 4.15. The van der Waals surface area contributed by atoms with Crippen LogP contribution in [0.5, 0.6) is 0 Å². The van der Waals surface area contributed by atoms with Crippen molar-refractivity contribution in [3.8, 4) is 0 Å². The van der Waals surface area contributed by atoms with Gasteiger partial charge >= 0.3 is 5.63 Å². The Labute approximate surface area is 129 Å². The molecule has 2 heterocycles. The minimum atomic E-state index is -2.91. The lowest BCUT2D eigenvalue weighted by molar-refractivity contribution is 0.539. The monoisotopic (exact) mass is 321 g/mol. The lowest BCUT2D eigenvalue weighted by Gasteiger charge is -2.13.